The van der Waals surface area contributed by atoms with Gasteiger partial charge in [-0.15, -0.1) is 0 Å². The maximum absolute atomic E-state index is 13.3. The van der Waals surface area contributed by atoms with Gasteiger partial charge in [-0.25, -0.2) is 13.2 Å². The fourth-order valence-electron chi connectivity index (χ4n) is 1.98. The highest BCUT2D eigenvalue weighted by Crippen LogP contribution is 2.36. The Kier molecular flexibility index (Phi) is 3.09. The number of nitrogens with two attached hydrogens (primary N) is 1. The molecule has 2 heterocycles. The molecule has 0 saturated carbocycles. The maximum Gasteiger partial charge on any atom is 0.230 e. The molecule has 0 aliphatic carbocycles. The third-order valence-corrected chi connectivity index (χ3v) is 2.93. The van der Waals surface area contributed by atoms with E-state index in [4.69, 9.17) is 10.3 Å². The predicted octanol–water partition coefficient (Wildman–Crippen LogP) is 3.40. The van der Waals surface area contributed by atoms with Crippen LogP contribution in [-0.2, 0) is 0 Å². The second-order valence-electron chi connectivity index (χ2n) is 4.27. The quantitative estimate of drug-likeness (QED) is 0.735. The number of hydrogen-bond donors (Lipinski definition) is 1. The van der Waals surface area contributed by atoms with E-state index in [0.717, 1.165) is 12.1 Å². The molecule has 2 aromatic heterocycles. The average molecular weight is 291 g/mol. The van der Waals surface area contributed by atoms with Crippen LogP contribution in [0.3, 0.4) is 0 Å². The van der Waals surface area contributed by atoms with Gasteiger partial charge in [-0.2, -0.15) is 0 Å². The van der Waals surface area contributed by atoms with Crippen LogP contribution in [0.4, 0.5) is 19.1 Å². The fourth-order valence-corrected chi connectivity index (χ4v) is 1.98. The Morgan fingerprint density at radius 3 is 2.38 bits per heavy atom. The monoisotopic (exact) mass is 291 g/mol. The predicted molar refractivity (Wildman–Crippen MR) is 69.5 cm³/mol. The van der Waals surface area contributed by atoms with Crippen molar-refractivity contribution in [3.63, 3.8) is 0 Å². The number of rotatable bonds is 2. The molecule has 4 nitrogen and oxygen atoms in total. The van der Waals surface area contributed by atoms with Gasteiger partial charge in [0.15, 0.2) is 17.5 Å². The Balaban J connectivity index is 2.21. The van der Waals surface area contributed by atoms with Gasteiger partial charge in [-0.05, 0) is 18.2 Å². The van der Waals surface area contributed by atoms with Crippen LogP contribution in [0.5, 0.6) is 0 Å². The van der Waals surface area contributed by atoms with Crippen LogP contribution in [0.15, 0.2) is 41.2 Å². The molecule has 21 heavy (non-hydrogen) atoms. The van der Waals surface area contributed by atoms with Gasteiger partial charge >= 0.3 is 0 Å². The molecule has 0 aliphatic heterocycles. The molecular formula is C14H8F3N3O. The summed E-state index contributed by atoms with van der Waals surface area (Å²) < 4.78 is 44.6. The van der Waals surface area contributed by atoms with Crippen LogP contribution in [0.25, 0.3) is 22.4 Å². The van der Waals surface area contributed by atoms with Gasteiger partial charge in [-0.3, -0.25) is 4.98 Å². The average Bonchev–Trinajstić information content (AvgIpc) is 2.87. The first-order valence-corrected chi connectivity index (χ1v) is 5.88. The van der Waals surface area contributed by atoms with Crippen LogP contribution in [0.2, 0.25) is 0 Å². The zero-order valence-corrected chi connectivity index (χ0v) is 10.5. The molecule has 0 aliphatic rings. The number of benzene rings is 1. The second kappa shape index (κ2) is 4.93. The molecule has 3 aromatic rings. The van der Waals surface area contributed by atoms with E-state index in [1.807, 2.05) is 0 Å². The van der Waals surface area contributed by atoms with Crippen molar-refractivity contribution < 1.29 is 17.7 Å². The molecular weight excluding hydrogens is 283 g/mol. The number of pyridine rings is 1. The highest BCUT2D eigenvalue weighted by molar-refractivity contribution is 5.86. The van der Waals surface area contributed by atoms with Crippen LogP contribution < -0.4 is 5.73 Å². The minimum absolute atomic E-state index is 0.0192. The molecule has 106 valence electrons. The van der Waals surface area contributed by atoms with Crippen molar-refractivity contribution in [3.8, 4) is 22.4 Å². The number of halogens is 3. The van der Waals surface area contributed by atoms with E-state index in [9.17, 15) is 13.2 Å². The largest absolute Gasteiger partial charge is 0.367 e. The van der Waals surface area contributed by atoms with Crippen molar-refractivity contribution in [3.05, 3.63) is 54.1 Å². The molecule has 0 fully saturated rings. The lowest BCUT2D eigenvalue weighted by molar-refractivity contribution is 0.437. The van der Waals surface area contributed by atoms with E-state index >= 15 is 0 Å². The molecule has 0 unspecified atom stereocenters. The summed E-state index contributed by atoms with van der Waals surface area (Å²) in [5, 5.41) is 3.69. The van der Waals surface area contributed by atoms with E-state index in [-0.39, 0.29) is 17.1 Å². The summed E-state index contributed by atoms with van der Waals surface area (Å²) in [5.74, 6) is -4.20. The summed E-state index contributed by atoms with van der Waals surface area (Å²) in [7, 11) is 0. The highest BCUT2D eigenvalue weighted by atomic mass is 19.2. The maximum atomic E-state index is 13.3. The van der Waals surface area contributed by atoms with E-state index in [1.54, 1.807) is 18.3 Å². The molecule has 0 radical (unpaired) electrons. The Hall–Kier alpha value is -2.83. The standard InChI is InChI=1S/C14H8F3N3O/c15-9-4-8(5-10(16)12(9)17)13-11(14(18)21-20-13)7-2-1-3-19-6-7/h1-6H,18H2. The topological polar surface area (TPSA) is 64.9 Å². The molecule has 1 aromatic carbocycles. The molecule has 0 bridgehead atoms. The van der Waals surface area contributed by atoms with Crippen molar-refractivity contribution >= 4 is 5.88 Å². The third-order valence-electron chi connectivity index (χ3n) is 2.93. The van der Waals surface area contributed by atoms with Crippen molar-refractivity contribution in [1.82, 2.24) is 10.1 Å². The van der Waals surface area contributed by atoms with Gasteiger partial charge in [0.05, 0.1) is 5.56 Å². The van der Waals surface area contributed by atoms with Gasteiger partial charge in [0.1, 0.15) is 5.69 Å². The summed E-state index contributed by atoms with van der Waals surface area (Å²) in [6, 6.07) is 5.01. The number of nitrogens with zero attached hydrogens (tertiary/aromatic N) is 2. The van der Waals surface area contributed by atoms with Crippen molar-refractivity contribution in [1.29, 1.82) is 0 Å². The smallest absolute Gasteiger partial charge is 0.230 e. The van der Waals surface area contributed by atoms with E-state index in [0.29, 0.717) is 11.1 Å². The fraction of sp³-hybridized carbons (Fsp3) is 0. The Morgan fingerprint density at radius 2 is 1.76 bits per heavy atom. The number of anilines is 1. The third kappa shape index (κ3) is 2.22. The molecule has 2 N–H and O–H groups in total. The van der Waals surface area contributed by atoms with Crippen LogP contribution in [0.1, 0.15) is 0 Å². The number of nitrogen functional groups attached to an aromatic ring is 1. The summed E-state index contributed by atoms with van der Waals surface area (Å²) in [6.45, 7) is 0. The molecule has 7 heteroatoms. The molecule has 3 rings (SSSR count). The van der Waals surface area contributed by atoms with E-state index in [1.165, 1.54) is 6.20 Å². The summed E-state index contributed by atoms with van der Waals surface area (Å²) >= 11 is 0. The lowest BCUT2D eigenvalue weighted by Crippen LogP contribution is -1.93. The van der Waals surface area contributed by atoms with Gasteiger partial charge in [-0.1, -0.05) is 11.2 Å². The molecule has 0 spiro atoms. The van der Waals surface area contributed by atoms with Crippen LogP contribution in [0, 0.1) is 17.5 Å². The van der Waals surface area contributed by atoms with Crippen LogP contribution in [-0.4, -0.2) is 10.1 Å². The minimum Gasteiger partial charge on any atom is -0.367 e. The Bertz CT molecular complexity index is 779. The first-order valence-electron chi connectivity index (χ1n) is 5.88. The summed E-state index contributed by atoms with van der Waals surface area (Å²) in [4.78, 5) is 3.93. The number of aromatic nitrogens is 2. The second-order valence-corrected chi connectivity index (χ2v) is 4.27. The zero-order valence-electron chi connectivity index (χ0n) is 10.5. The van der Waals surface area contributed by atoms with Gasteiger partial charge in [0, 0.05) is 23.5 Å². The molecule has 0 saturated heterocycles. The zero-order chi connectivity index (χ0) is 15.0. The van der Waals surface area contributed by atoms with Gasteiger partial charge < -0.3 is 10.3 Å². The first kappa shape index (κ1) is 13.2. The van der Waals surface area contributed by atoms with E-state index < -0.39 is 17.5 Å². The Labute approximate surface area is 117 Å². The Morgan fingerprint density at radius 1 is 1.05 bits per heavy atom. The van der Waals surface area contributed by atoms with Crippen LogP contribution >= 0.6 is 0 Å². The minimum atomic E-state index is -1.54. The van der Waals surface area contributed by atoms with Crippen molar-refractivity contribution in [2.45, 2.75) is 0 Å². The molecule has 0 atom stereocenters. The normalized spacial score (nSPS) is 10.8. The summed E-state index contributed by atoms with van der Waals surface area (Å²) in [5.41, 5.74) is 6.73. The highest BCUT2D eigenvalue weighted by Gasteiger charge is 2.20. The van der Waals surface area contributed by atoms with Crippen molar-refractivity contribution in [2.75, 3.05) is 5.73 Å². The van der Waals surface area contributed by atoms with E-state index in [2.05, 4.69) is 10.1 Å². The number of hydrogen-bond acceptors (Lipinski definition) is 4. The SMILES string of the molecule is Nc1onc(-c2cc(F)c(F)c(F)c2)c1-c1cccnc1. The van der Waals surface area contributed by atoms with Gasteiger partial charge in [0.25, 0.3) is 0 Å². The van der Waals surface area contributed by atoms with Crippen molar-refractivity contribution in [2.24, 2.45) is 0 Å². The first-order chi connectivity index (χ1) is 10.1. The lowest BCUT2D eigenvalue weighted by Gasteiger charge is -2.03. The summed E-state index contributed by atoms with van der Waals surface area (Å²) in [6.07, 6.45) is 3.06. The molecule has 0 amide bonds. The lowest BCUT2D eigenvalue weighted by atomic mass is 10.0. The van der Waals surface area contributed by atoms with Gasteiger partial charge in [0.2, 0.25) is 5.88 Å².